The van der Waals surface area contributed by atoms with Gasteiger partial charge >= 0.3 is 0 Å². The molecule has 15 rings (SSSR count). The molecule has 3 aliphatic heterocycles. The van der Waals surface area contributed by atoms with Crippen molar-refractivity contribution < 1.29 is 78.1 Å². The van der Waals surface area contributed by atoms with Crippen LogP contribution in [0.15, 0.2) is 195 Å². The number of aliphatic hydroxyl groups excluding tert-OH is 3. The average Bonchev–Trinajstić information content (AvgIpc) is 1.51. The van der Waals surface area contributed by atoms with Gasteiger partial charge in [-0.2, -0.15) is 15.0 Å². The van der Waals surface area contributed by atoms with Gasteiger partial charge < -0.3 is 88.0 Å². The van der Waals surface area contributed by atoms with Crippen molar-refractivity contribution >= 4 is 53.7 Å². The first kappa shape index (κ1) is 78.2. The number of hydrogen-bond acceptors (Lipinski definition) is 21. The minimum Gasteiger partial charge on any atom is -0.481 e. The summed E-state index contributed by atoms with van der Waals surface area (Å²) in [6.45, 7) is 1.07. The molecule has 6 aromatic carbocycles. The van der Waals surface area contributed by atoms with E-state index in [9.17, 15) is 35.4 Å². The van der Waals surface area contributed by atoms with Crippen LogP contribution in [0.3, 0.4) is 0 Å². The van der Waals surface area contributed by atoms with Gasteiger partial charge in [-0.1, -0.05) is 183 Å². The first-order chi connectivity index (χ1) is 50.7. The van der Waals surface area contributed by atoms with E-state index in [1.807, 2.05) is 202 Å². The van der Waals surface area contributed by atoms with Crippen LogP contribution in [0, 0.1) is 17.8 Å². The number of carbonyl (C=O) groups is 1. The van der Waals surface area contributed by atoms with Gasteiger partial charge in [-0.3, -0.25) is 4.79 Å². The molecule has 0 bridgehead atoms. The molecule has 3 saturated carbocycles. The van der Waals surface area contributed by atoms with Crippen molar-refractivity contribution in [2.45, 2.75) is 77.1 Å². The molecule has 107 heavy (non-hydrogen) atoms. The van der Waals surface area contributed by atoms with E-state index in [1.165, 1.54) is 47.6 Å². The fourth-order valence-corrected chi connectivity index (χ4v) is 18.6. The van der Waals surface area contributed by atoms with E-state index in [-0.39, 0.29) is 60.0 Å². The number of hydrogen-bond donors (Lipinski definition) is 6. The molecule has 3 aromatic heterocycles. The molecule has 15 atom stereocenters. The number of ether oxygens (including phenoxy) is 9. The number of rotatable bonds is 17. The third-order valence-electron chi connectivity index (χ3n) is 21.8. The minimum absolute atomic E-state index is 0. The molecule has 3 fully saturated rings. The topological polar surface area (TPSA) is 270 Å². The minimum atomic E-state index is -2.09. The monoisotopic (exact) mass is 1650 g/mol. The van der Waals surface area contributed by atoms with Crippen molar-refractivity contribution in [1.82, 2.24) is 29.7 Å². The highest BCUT2D eigenvalue weighted by molar-refractivity contribution is 9.11. The van der Waals surface area contributed by atoms with Crippen LogP contribution in [-0.4, -0.2) is 183 Å². The lowest BCUT2D eigenvalue weighted by molar-refractivity contribution is -0.156. The van der Waals surface area contributed by atoms with Gasteiger partial charge in [-0.05, 0) is 98.0 Å². The molecule has 0 radical (unpaired) electrons. The van der Waals surface area contributed by atoms with Crippen LogP contribution in [0.1, 0.15) is 75.3 Å². The van der Waals surface area contributed by atoms with Gasteiger partial charge in [0.25, 0.3) is 0 Å². The third kappa shape index (κ3) is 12.1. The smallest absolute Gasteiger partial charge is 0.228 e. The Hall–Kier alpha value is -8.44. The van der Waals surface area contributed by atoms with Crippen molar-refractivity contribution in [1.29, 1.82) is 0 Å². The van der Waals surface area contributed by atoms with Crippen molar-refractivity contribution in [3.8, 4) is 52.5 Å². The number of amides is 1. The summed E-state index contributed by atoms with van der Waals surface area (Å²) in [4.78, 5) is 32.3. The summed E-state index contributed by atoms with van der Waals surface area (Å²) in [7, 11) is 20.0. The van der Waals surface area contributed by atoms with E-state index in [0.29, 0.717) is 53.0 Å². The van der Waals surface area contributed by atoms with Gasteiger partial charge in [-0.15, -0.1) is 0 Å². The maximum Gasteiger partial charge on any atom is 0.228 e. The summed E-state index contributed by atoms with van der Waals surface area (Å²) >= 11 is 10.5. The van der Waals surface area contributed by atoms with Crippen LogP contribution >= 0.6 is 47.8 Å². The number of carbonyl (C=O) groups excluding carboxylic acids is 1. The quantitative estimate of drug-likeness (QED) is 0.0494. The number of nitrogens with zero attached hydrogens (tertiary/aromatic N) is 6. The summed E-state index contributed by atoms with van der Waals surface area (Å²) in [5.41, 5.74) is -4.48. The number of pyridine rings is 3. The van der Waals surface area contributed by atoms with E-state index in [4.69, 9.17) is 42.6 Å². The first-order valence-corrected chi connectivity index (χ1v) is 36.8. The number of methoxy groups -OCH3 is 6. The Kier molecular flexibility index (Phi) is 22.1. The molecule has 6 heterocycles. The maximum absolute atomic E-state index is 13.6. The molecule has 9 aromatic rings. The zero-order chi connectivity index (χ0) is 75.7. The van der Waals surface area contributed by atoms with Gasteiger partial charge in [0.15, 0.2) is 33.6 Å². The van der Waals surface area contributed by atoms with E-state index >= 15 is 0 Å². The van der Waals surface area contributed by atoms with Crippen LogP contribution in [0.25, 0.3) is 0 Å². The molecule has 0 spiro atoms. The molecule has 0 unspecified atom stereocenters. The summed E-state index contributed by atoms with van der Waals surface area (Å²) in [5, 5.41) is 74.1. The van der Waals surface area contributed by atoms with Gasteiger partial charge in [-0.25, -0.2) is 0 Å². The molecule has 6 aliphatic rings. The molecule has 3 aliphatic carbocycles. The lowest BCUT2D eigenvalue weighted by atomic mass is 9.70. The van der Waals surface area contributed by atoms with Crippen molar-refractivity contribution in [2.24, 2.45) is 17.8 Å². The van der Waals surface area contributed by atoms with Gasteiger partial charge in [0, 0.05) is 88.4 Å². The van der Waals surface area contributed by atoms with Crippen molar-refractivity contribution in [3.63, 3.8) is 0 Å². The van der Waals surface area contributed by atoms with Crippen LogP contribution in [0.4, 0.5) is 0 Å². The number of aliphatic hydroxyl groups is 6. The lowest BCUT2D eigenvalue weighted by Crippen LogP contribution is -2.52. The molecule has 1 amide bonds. The second kappa shape index (κ2) is 30.2. The molecule has 0 saturated heterocycles. The zero-order valence-electron chi connectivity index (χ0n) is 60.5. The number of halogens is 3. The average molecular weight is 1650 g/mol. The van der Waals surface area contributed by atoms with Gasteiger partial charge in [0.05, 0.1) is 77.5 Å². The van der Waals surface area contributed by atoms with E-state index < -0.39 is 75.6 Å². The lowest BCUT2D eigenvalue weighted by Gasteiger charge is -2.41. The Bertz CT molecular complexity index is 4480. The summed E-state index contributed by atoms with van der Waals surface area (Å²) in [5.74, 6) is -1.42. The van der Waals surface area contributed by atoms with E-state index in [0.717, 1.165) is 41.2 Å². The van der Waals surface area contributed by atoms with Crippen LogP contribution in [-0.2, 0) is 38.4 Å². The highest BCUT2D eigenvalue weighted by Crippen LogP contribution is 2.73. The van der Waals surface area contributed by atoms with Crippen LogP contribution in [0.2, 0.25) is 0 Å². The molecule has 25 heteroatoms. The fraction of sp³-hybridized carbons (Fsp3) is 0.366. The van der Waals surface area contributed by atoms with Gasteiger partial charge in [0.2, 0.25) is 41.2 Å². The SMILES string of the molecule is C.COc1cc2c(c(OC)n1)[C@]1(O)[C@H](O)[C@H](C(=O)N(C)C)[C@@H](c3ccccc3)[C@]1(c1ccc(Br)cc1)O2.COc1cc2c(c(OC)n1)[C@]1(O)[C@H](O)[C@H](CN(C)C)[C@@H](c3ccccc3)[C@]1(c1ccc(Br)cc1)O2.COc1cc2c(c(OC)n1)[C@]1(O)[C@H](O)[C@H](CN(C)C)[C@@H](c3ccccc3)[C@]1(c1ccc(Br)cc1)O2. The standard InChI is InChI=1S/C27H27BrN2O6.2C27H29BrN2O5.CH4/c1-30(2)25(32)20-21(15-8-6-5-7-9-15)27(16-10-12-17(28)13-11-16)26(33,23(20)31)22-18(36-27)14-19(34-3)29-24(22)35-4;2*1-30(2)15-19-22(16-8-6-5-7-9-16)27(17-10-12-18(28)13-11-17)26(32,24(19)31)23-20(35-27)14-21(33-3)29-25(23)34-4;/h5-14,20-21,23,31,33H,1-4H3;2*5-14,19,22,24,31-32H,15H2,1-4H3;1H4/t20-,21-,23-,26+,27+;2*19-,22-,24-,26+,27+;/m111./s1. The Morgan fingerprint density at radius 1 is 0.411 bits per heavy atom. The van der Waals surface area contributed by atoms with E-state index in [2.05, 4.69) is 62.7 Å². The molecule has 564 valence electrons. The summed E-state index contributed by atoms with van der Waals surface area (Å²) < 4.78 is 55.9. The predicted molar refractivity (Wildman–Crippen MR) is 412 cm³/mol. The van der Waals surface area contributed by atoms with Crippen molar-refractivity contribution in [3.05, 3.63) is 245 Å². The van der Waals surface area contributed by atoms with Crippen molar-refractivity contribution in [2.75, 3.05) is 98.0 Å². The summed E-state index contributed by atoms with van der Waals surface area (Å²) in [6, 6.07) is 56.8. The Morgan fingerprint density at radius 3 is 0.944 bits per heavy atom. The normalized spacial score (nSPS) is 28.4. The number of fused-ring (bicyclic) bond motifs is 9. The second-order valence-corrected chi connectivity index (χ2v) is 30.8. The number of benzene rings is 6. The second-order valence-electron chi connectivity index (χ2n) is 28.1. The highest BCUT2D eigenvalue weighted by atomic mass is 79.9. The van der Waals surface area contributed by atoms with Gasteiger partial charge in [0.1, 0.15) is 23.4 Å². The third-order valence-corrected chi connectivity index (χ3v) is 23.4. The predicted octanol–water partition coefficient (Wildman–Crippen LogP) is 11.2. The highest BCUT2D eigenvalue weighted by Gasteiger charge is 2.81. The largest absolute Gasteiger partial charge is 0.481 e. The van der Waals surface area contributed by atoms with Crippen LogP contribution in [0.5, 0.6) is 52.5 Å². The first-order valence-electron chi connectivity index (χ1n) is 34.4. The van der Waals surface area contributed by atoms with E-state index in [1.54, 1.807) is 32.3 Å². The Morgan fingerprint density at radius 2 is 0.682 bits per heavy atom. The Labute approximate surface area is 648 Å². The Balaban J connectivity index is 0.000000149. The molecular formula is C82H89Br3N6O16. The molecular weight excluding hydrogens is 1560 g/mol. The number of aromatic nitrogens is 3. The fourth-order valence-electron chi connectivity index (χ4n) is 17.8. The molecule has 22 nitrogen and oxygen atoms in total. The zero-order valence-corrected chi connectivity index (χ0v) is 65.3. The maximum atomic E-state index is 13.6. The molecule has 6 N–H and O–H groups in total. The summed E-state index contributed by atoms with van der Waals surface area (Å²) in [6.07, 6.45) is -3.90. The van der Waals surface area contributed by atoms with Crippen LogP contribution < -0.4 is 42.6 Å².